The summed E-state index contributed by atoms with van der Waals surface area (Å²) in [6.07, 6.45) is 4.71. The first-order valence-electron chi connectivity index (χ1n) is 11.1. The third-order valence-electron chi connectivity index (χ3n) is 6.45. The van der Waals surface area contributed by atoms with Crippen LogP contribution in [-0.4, -0.2) is 52.4 Å². The average Bonchev–Trinajstić information content (AvgIpc) is 3.09. The fourth-order valence-electron chi connectivity index (χ4n) is 4.70. The number of hydrogen-bond donors (Lipinski definition) is 2. The Kier molecular flexibility index (Phi) is 5.60. The van der Waals surface area contributed by atoms with Gasteiger partial charge in [0.25, 0.3) is 17.7 Å². The van der Waals surface area contributed by atoms with E-state index in [2.05, 4.69) is 5.43 Å². The molecule has 2 heterocycles. The van der Waals surface area contributed by atoms with E-state index in [0.29, 0.717) is 43.8 Å². The molecule has 170 valence electrons. The number of aromatic hydroxyl groups is 1. The van der Waals surface area contributed by atoms with Gasteiger partial charge in [0.15, 0.2) is 0 Å². The molecule has 0 bridgehead atoms. The number of benzene rings is 2. The Bertz CT molecular complexity index is 1100. The maximum atomic E-state index is 13.2. The number of rotatable bonds is 4. The maximum Gasteiger partial charge on any atom is 0.254 e. The third kappa shape index (κ3) is 4.09. The average molecular weight is 447 g/mol. The van der Waals surface area contributed by atoms with Crippen LogP contribution in [0.1, 0.15) is 34.9 Å². The first-order chi connectivity index (χ1) is 16.0. The van der Waals surface area contributed by atoms with Gasteiger partial charge in [-0.1, -0.05) is 30.4 Å². The molecule has 3 atom stereocenters. The number of ether oxygens (including phenoxy) is 1. The molecule has 3 amide bonds. The largest absolute Gasteiger partial charge is 0.508 e. The lowest BCUT2D eigenvalue weighted by Gasteiger charge is -2.33. The van der Waals surface area contributed by atoms with Crippen LogP contribution in [0, 0.1) is 11.8 Å². The lowest BCUT2D eigenvalue weighted by Crippen LogP contribution is -2.42. The molecule has 2 fully saturated rings. The Morgan fingerprint density at radius 3 is 2.45 bits per heavy atom. The van der Waals surface area contributed by atoms with Crippen molar-refractivity contribution < 1.29 is 24.2 Å². The van der Waals surface area contributed by atoms with Crippen LogP contribution in [0.25, 0.3) is 0 Å². The van der Waals surface area contributed by atoms with Crippen LogP contribution in [0.3, 0.4) is 0 Å². The standard InChI is InChI=1S/C25H25N3O5/c29-19-8-4-5-16(14-19)22-15-27(11-12-33-22)23(30)17-6-3-7-18(13-17)26-28-24(31)20-9-1-2-10-21(20)25(28)32/h1-8,13-14,20-22,26,29H,9-12,15H2. The van der Waals surface area contributed by atoms with E-state index < -0.39 is 0 Å². The van der Waals surface area contributed by atoms with Crippen LogP contribution in [0.2, 0.25) is 0 Å². The number of anilines is 1. The van der Waals surface area contributed by atoms with E-state index in [1.165, 1.54) is 0 Å². The van der Waals surface area contributed by atoms with Crippen LogP contribution < -0.4 is 5.43 Å². The topological polar surface area (TPSA) is 99.2 Å². The van der Waals surface area contributed by atoms with Crippen molar-refractivity contribution in [2.75, 3.05) is 25.1 Å². The number of phenols is 1. The summed E-state index contributed by atoms with van der Waals surface area (Å²) in [5.74, 6) is -1.10. The van der Waals surface area contributed by atoms with Crippen molar-refractivity contribution in [3.05, 3.63) is 71.8 Å². The number of hydrogen-bond acceptors (Lipinski definition) is 6. The molecule has 3 unspecified atom stereocenters. The van der Waals surface area contributed by atoms with Gasteiger partial charge in [0.05, 0.1) is 30.7 Å². The molecule has 5 rings (SSSR count). The number of fused-ring (bicyclic) bond motifs is 1. The number of allylic oxidation sites excluding steroid dienone is 2. The van der Waals surface area contributed by atoms with E-state index in [9.17, 15) is 19.5 Å². The highest BCUT2D eigenvalue weighted by atomic mass is 16.5. The second-order valence-corrected chi connectivity index (χ2v) is 8.57. The van der Waals surface area contributed by atoms with E-state index in [1.807, 2.05) is 18.2 Å². The Labute approximate surface area is 191 Å². The molecule has 0 aromatic heterocycles. The van der Waals surface area contributed by atoms with Gasteiger partial charge >= 0.3 is 0 Å². The fourth-order valence-corrected chi connectivity index (χ4v) is 4.70. The first-order valence-corrected chi connectivity index (χ1v) is 11.1. The number of carbonyl (C=O) groups excluding carboxylic acids is 3. The summed E-state index contributed by atoms with van der Waals surface area (Å²) in [5, 5.41) is 10.8. The van der Waals surface area contributed by atoms with E-state index in [0.717, 1.165) is 10.6 Å². The SMILES string of the molecule is O=C(c1cccc(NN2C(=O)C3CC=CCC3C2=O)c1)N1CCOC(c2cccc(O)c2)C1. The van der Waals surface area contributed by atoms with Gasteiger partial charge in [0.1, 0.15) is 11.9 Å². The van der Waals surface area contributed by atoms with Crippen LogP contribution in [0.15, 0.2) is 60.7 Å². The molecule has 8 nitrogen and oxygen atoms in total. The van der Waals surface area contributed by atoms with Crippen LogP contribution in [-0.2, 0) is 14.3 Å². The predicted molar refractivity (Wildman–Crippen MR) is 120 cm³/mol. The number of hydrazine groups is 1. The van der Waals surface area contributed by atoms with Crippen molar-refractivity contribution in [2.24, 2.45) is 11.8 Å². The molecule has 0 radical (unpaired) electrons. The summed E-state index contributed by atoms with van der Waals surface area (Å²) >= 11 is 0. The van der Waals surface area contributed by atoms with Crippen molar-refractivity contribution in [1.82, 2.24) is 9.91 Å². The van der Waals surface area contributed by atoms with E-state index >= 15 is 0 Å². The lowest BCUT2D eigenvalue weighted by molar-refractivity contribution is -0.138. The molecule has 0 spiro atoms. The molecule has 3 aliphatic rings. The number of imide groups is 1. The van der Waals surface area contributed by atoms with Crippen molar-refractivity contribution in [1.29, 1.82) is 0 Å². The molecule has 0 saturated carbocycles. The second kappa shape index (κ2) is 8.71. The highest BCUT2D eigenvalue weighted by Crippen LogP contribution is 2.35. The van der Waals surface area contributed by atoms with Crippen LogP contribution in [0.5, 0.6) is 5.75 Å². The summed E-state index contributed by atoms with van der Waals surface area (Å²) < 4.78 is 5.81. The lowest BCUT2D eigenvalue weighted by atomic mass is 9.85. The Balaban J connectivity index is 1.29. The van der Waals surface area contributed by atoms with Crippen molar-refractivity contribution in [3.63, 3.8) is 0 Å². The van der Waals surface area contributed by atoms with Gasteiger partial charge in [0.2, 0.25) is 0 Å². The van der Waals surface area contributed by atoms with Crippen molar-refractivity contribution >= 4 is 23.4 Å². The minimum Gasteiger partial charge on any atom is -0.508 e. The Morgan fingerprint density at radius 2 is 1.73 bits per heavy atom. The quantitative estimate of drug-likeness (QED) is 0.552. The molecule has 2 N–H and O–H groups in total. The molecular weight excluding hydrogens is 422 g/mol. The smallest absolute Gasteiger partial charge is 0.254 e. The minimum absolute atomic E-state index is 0.153. The fraction of sp³-hybridized carbons (Fsp3) is 0.320. The first kappa shape index (κ1) is 21.2. The molecule has 2 aliphatic heterocycles. The third-order valence-corrected chi connectivity index (χ3v) is 6.45. The number of nitrogens with zero attached hydrogens (tertiary/aromatic N) is 2. The molecule has 2 aromatic carbocycles. The monoisotopic (exact) mass is 447 g/mol. The Hall–Kier alpha value is -3.65. The zero-order chi connectivity index (χ0) is 22.9. The molecule has 8 heteroatoms. The molecule has 1 aliphatic carbocycles. The van der Waals surface area contributed by atoms with Gasteiger partial charge in [0, 0.05) is 12.1 Å². The van der Waals surface area contributed by atoms with Crippen molar-refractivity contribution in [3.8, 4) is 5.75 Å². The van der Waals surface area contributed by atoms with Gasteiger partial charge < -0.3 is 14.7 Å². The molecular formula is C25H25N3O5. The summed E-state index contributed by atoms with van der Waals surface area (Å²) in [5.41, 5.74) is 4.69. The zero-order valence-electron chi connectivity index (χ0n) is 18.0. The molecule has 2 aromatic rings. The minimum atomic E-state index is -0.326. The van der Waals surface area contributed by atoms with Gasteiger partial charge in [-0.3, -0.25) is 19.8 Å². The summed E-state index contributed by atoms with van der Waals surface area (Å²) in [6, 6.07) is 13.7. The van der Waals surface area contributed by atoms with Crippen LogP contribution in [0.4, 0.5) is 5.69 Å². The highest BCUT2D eigenvalue weighted by molar-refractivity contribution is 6.06. The summed E-state index contributed by atoms with van der Waals surface area (Å²) in [7, 11) is 0. The molecule has 2 saturated heterocycles. The number of amides is 3. The normalized spacial score (nSPS) is 24.7. The van der Waals surface area contributed by atoms with Gasteiger partial charge in [-0.05, 0) is 48.7 Å². The van der Waals surface area contributed by atoms with Gasteiger partial charge in [-0.25, -0.2) is 0 Å². The zero-order valence-corrected chi connectivity index (χ0v) is 18.0. The molecule has 33 heavy (non-hydrogen) atoms. The van der Waals surface area contributed by atoms with Gasteiger partial charge in [-0.2, -0.15) is 5.01 Å². The Morgan fingerprint density at radius 1 is 1.00 bits per heavy atom. The number of carbonyl (C=O) groups is 3. The van der Waals surface area contributed by atoms with Crippen LogP contribution >= 0.6 is 0 Å². The van der Waals surface area contributed by atoms with Gasteiger partial charge in [-0.15, -0.1) is 0 Å². The predicted octanol–water partition coefficient (Wildman–Crippen LogP) is 2.88. The highest BCUT2D eigenvalue weighted by Gasteiger charge is 2.47. The number of phenolic OH excluding ortho intramolecular Hbond substituents is 1. The van der Waals surface area contributed by atoms with E-state index in [1.54, 1.807) is 47.4 Å². The van der Waals surface area contributed by atoms with E-state index in [4.69, 9.17) is 4.74 Å². The summed E-state index contributed by atoms with van der Waals surface area (Å²) in [4.78, 5) is 40.4. The van der Waals surface area contributed by atoms with E-state index in [-0.39, 0.29) is 41.4 Å². The second-order valence-electron chi connectivity index (χ2n) is 8.57. The number of nitrogens with one attached hydrogen (secondary N) is 1. The number of morpholine rings is 1. The maximum absolute atomic E-state index is 13.2. The summed E-state index contributed by atoms with van der Waals surface area (Å²) in [6.45, 7) is 1.20. The van der Waals surface area contributed by atoms with Crippen molar-refractivity contribution in [2.45, 2.75) is 18.9 Å².